The molecule has 0 aliphatic heterocycles. The third-order valence-corrected chi connectivity index (χ3v) is 5.51. The summed E-state index contributed by atoms with van der Waals surface area (Å²) in [6, 6.07) is 9.75. The van der Waals surface area contributed by atoms with Crippen LogP contribution in [-0.4, -0.2) is 12.1 Å². The summed E-state index contributed by atoms with van der Waals surface area (Å²) in [5.74, 6) is 0.786. The van der Waals surface area contributed by atoms with Gasteiger partial charge in [-0.25, -0.2) is 0 Å². The Morgan fingerprint density at radius 1 is 1.08 bits per heavy atom. The van der Waals surface area contributed by atoms with Crippen LogP contribution in [0.25, 0.3) is 22.3 Å². The van der Waals surface area contributed by atoms with E-state index in [1.165, 1.54) is 11.1 Å². The molecule has 0 fully saturated rings. The van der Waals surface area contributed by atoms with Crippen molar-refractivity contribution in [3.8, 4) is 16.9 Å². The average Bonchev–Trinajstić information content (AvgIpc) is 3.17. The summed E-state index contributed by atoms with van der Waals surface area (Å²) in [6.07, 6.45) is 3.73. The highest BCUT2D eigenvalue weighted by Crippen LogP contribution is 2.23. The number of methoxy groups -OCH3 is 1. The predicted molar refractivity (Wildman–Crippen MR) is 103 cm³/mol. The smallest absolute Gasteiger partial charge is 0.197 e. The molecule has 25 heavy (non-hydrogen) atoms. The molecule has 0 atom stereocenters. The predicted octanol–water partition coefficient (Wildman–Crippen LogP) is 3.28. The van der Waals surface area contributed by atoms with E-state index in [0.717, 1.165) is 40.3 Å². The van der Waals surface area contributed by atoms with Crippen molar-refractivity contribution in [3.63, 3.8) is 0 Å². The molecule has 0 radical (unpaired) electrons. The molecule has 2 aromatic heterocycles. The summed E-state index contributed by atoms with van der Waals surface area (Å²) in [4.78, 5) is 16.6. The molecule has 1 aliphatic carbocycles. The average molecular weight is 349 g/mol. The number of ether oxygens (including phenoxy) is 1. The Balaban J connectivity index is 1.98. The van der Waals surface area contributed by atoms with Gasteiger partial charge in [-0.15, -0.1) is 0 Å². The lowest BCUT2D eigenvalue weighted by molar-refractivity contribution is 0.415. The van der Waals surface area contributed by atoms with Crippen molar-refractivity contribution in [2.24, 2.45) is 0 Å². The van der Waals surface area contributed by atoms with E-state index in [-0.39, 0.29) is 5.43 Å². The largest absolute Gasteiger partial charge is 0.497 e. The molecule has 0 saturated heterocycles. The second-order valence-electron chi connectivity index (χ2n) is 6.28. The zero-order chi connectivity index (χ0) is 17.4. The van der Waals surface area contributed by atoms with Crippen LogP contribution in [0.4, 0.5) is 0 Å². The number of H-pyrrole nitrogens is 1. The first-order valence-electron chi connectivity index (χ1n) is 8.30. The molecule has 3 nitrogen and oxygen atoms in total. The molecule has 0 saturated carbocycles. The summed E-state index contributed by atoms with van der Waals surface area (Å²) >= 11 is 1.68. The van der Waals surface area contributed by atoms with E-state index in [2.05, 4.69) is 28.7 Å². The van der Waals surface area contributed by atoms with Gasteiger partial charge in [-0.05, 0) is 65.4 Å². The van der Waals surface area contributed by atoms with Gasteiger partial charge >= 0.3 is 0 Å². The van der Waals surface area contributed by atoms with E-state index in [1.54, 1.807) is 18.4 Å². The fraction of sp³-hybridized carbons (Fsp3) is 0.190. The van der Waals surface area contributed by atoms with Crippen molar-refractivity contribution in [2.45, 2.75) is 19.8 Å². The van der Waals surface area contributed by atoms with E-state index in [1.807, 2.05) is 30.5 Å². The number of aromatic amines is 1. The zero-order valence-electron chi connectivity index (χ0n) is 14.3. The van der Waals surface area contributed by atoms with Crippen molar-refractivity contribution in [1.29, 1.82) is 0 Å². The van der Waals surface area contributed by atoms with Crippen LogP contribution < -0.4 is 20.7 Å². The standard InChI is InChI=1S/C21H19NO2S/c1-13-3-8-17(15-9-10-25-12-15)20-19(13)21(23)18(11-22-20)14-4-6-16(24-2)7-5-14/h4-7,9-12,22H,3,8H2,1-2H3. The van der Waals surface area contributed by atoms with Crippen molar-refractivity contribution < 1.29 is 4.74 Å². The summed E-state index contributed by atoms with van der Waals surface area (Å²) in [6.45, 7) is 2.07. The molecule has 0 spiro atoms. The number of benzene rings is 1. The lowest BCUT2D eigenvalue weighted by Crippen LogP contribution is -2.46. The highest BCUT2D eigenvalue weighted by Gasteiger charge is 2.15. The summed E-state index contributed by atoms with van der Waals surface area (Å²) in [5, 5.41) is 6.04. The Kier molecular flexibility index (Phi) is 4.06. The molecule has 0 unspecified atom stereocenters. The molecule has 1 N–H and O–H groups in total. The number of rotatable bonds is 3. The molecule has 3 aromatic rings. The van der Waals surface area contributed by atoms with E-state index in [0.29, 0.717) is 5.56 Å². The minimum absolute atomic E-state index is 0.101. The number of hydrogen-bond acceptors (Lipinski definition) is 3. The lowest BCUT2D eigenvalue weighted by Gasteiger charge is -2.14. The maximum atomic E-state index is 13.2. The monoisotopic (exact) mass is 349 g/mol. The minimum atomic E-state index is 0.101. The van der Waals surface area contributed by atoms with Gasteiger partial charge in [0.05, 0.1) is 12.5 Å². The van der Waals surface area contributed by atoms with Crippen molar-refractivity contribution in [3.05, 3.63) is 73.6 Å². The third kappa shape index (κ3) is 2.72. The fourth-order valence-corrected chi connectivity index (χ4v) is 4.12. The molecule has 126 valence electrons. The number of fused-ring (bicyclic) bond motifs is 1. The van der Waals surface area contributed by atoms with E-state index < -0.39 is 0 Å². The number of pyridine rings is 1. The molecular weight excluding hydrogens is 330 g/mol. The topological polar surface area (TPSA) is 42.1 Å². The molecule has 1 aliphatic rings. The molecular formula is C21H19NO2S. The van der Waals surface area contributed by atoms with Crippen LogP contribution in [0, 0.1) is 0 Å². The Morgan fingerprint density at radius 3 is 2.56 bits per heavy atom. The third-order valence-electron chi connectivity index (χ3n) is 4.83. The maximum Gasteiger partial charge on any atom is 0.197 e. The van der Waals surface area contributed by atoms with Gasteiger partial charge in [0.15, 0.2) is 5.43 Å². The van der Waals surface area contributed by atoms with Gasteiger partial charge in [0.2, 0.25) is 0 Å². The molecule has 4 heteroatoms. The van der Waals surface area contributed by atoms with Gasteiger partial charge in [-0.3, -0.25) is 4.79 Å². The Hall–Kier alpha value is -2.59. The van der Waals surface area contributed by atoms with Crippen molar-refractivity contribution >= 4 is 22.5 Å². The Bertz CT molecular complexity index is 1090. The highest BCUT2D eigenvalue weighted by molar-refractivity contribution is 7.08. The number of hydrogen-bond donors (Lipinski definition) is 1. The Labute approximate surface area is 149 Å². The first-order valence-corrected chi connectivity index (χ1v) is 9.25. The molecule has 4 rings (SSSR count). The molecule has 2 heterocycles. The van der Waals surface area contributed by atoms with Gasteiger partial charge < -0.3 is 9.72 Å². The van der Waals surface area contributed by atoms with Gasteiger partial charge in [0, 0.05) is 17.0 Å². The van der Waals surface area contributed by atoms with Crippen LogP contribution in [0.1, 0.15) is 25.3 Å². The minimum Gasteiger partial charge on any atom is -0.497 e. The Morgan fingerprint density at radius 2 is 1.88 bits per heavy atom. The molecule has 0 bridgehead atoms. The van der Waals surface area contributed by atoms with Gasteiger partial charge in [-0.2, -0.15) is 11.3 Å². The first-order chi connectivity index (χ1) is 12.2. The zero-order valence-corrected chi connectivity index (χ0v) is 15.1. The van der Waals surface area contributed by atoms with E-state index in [9.17, 15) is 4.79 Å². The second kappa shape index (κ2) is 6.37. The summed E-state index contributed by atoms with van der Waals surface area (Å²) in [7, 11) is 1.64. The van der Waals surface area contributed by atoms with E-state index in [4.69, 9.17) is 4.74 Å². The number of aromatic nitrogens is 1. The normalized spacial score (nSPS) is 13.7. The second-order valence-corrected chi connectivity index (χ2v) is 7.06. The van der Waals surface area contributed by atoms with Crippen molar-refractivity contribution in [1.82, 2.24) is 4.98 Å². The SMILES string of the molecule is COc1ccc(-c2c[nH]c3c(c2=O)=C(C)CCC=3c2ccsc2)cc1. The van der Waals surface area contributed by atoms with Crippen LogP contribution >= 0.6 is 11.3 Å². The van der Waals surface area contributed by atoms with Gasteiger partial charge in [0.25, 0.3) is 0 Å². The van der Waals surface area contributed by atoms with E-state index >= 15 is 0 Å². The van der Waals surface area contributed by atoms with Crippen LogP contribution in [-0.2, 0) is 0 Å². The van der Waals surface area contributed by atoms with Crippen LogP contribution in [0.5, 0.6) is 5.75 Å². The summed E-state index contributed by atoms with van der Waals surface area (Å²) < 4.78 is 5.21. The maximum absolute atomic E-state index is 13.2. The van der Waals surface area contributed by atoms with Crippen LogP contribution in [0.15, 0.2) is 52.1 Å². The number of thiophene rings is 1. The lowest BCUT2D eigenvalue weighted by atomic mass is 9.92. The van der Waals surface area contributed by atoms with Gasteiger partial charge in [0.1, 0.15) is 5.75 Å². The summed E-state index contributed by atoms with van der Waals surface area (Å²) in [5.41, 5.74) is 5.31. The number of nitrogens with one attached hydrogen (secondary N) is 1. The first kappa shape index (κ1) is 15.9. The van der Waals surface area contributed by atoms with Crippen molar-refractivity contribution in [2.75, 3.05) is 7.11 Å². The molecule has 1 aromatic carbocycles. The molecule has 0 amide bonds. The van der Waals surface area contributed by atoms with Crippen LogP contribution in [0.3, 0.4) is 0 Å². The quantitative estimate of drug-likeness (QED) is 0.788. The van der Waals surface area contributed by atoms with Gasteiger partial charge in [-0.1, -0.05) is 17.7 Å². The fourth-order valence-electron chi connectivity index (χ4n) is 3.45. The highest BCUT2D eigenvalue weighted by atomic mass is 32.1. The van der Waals surface area contributed by atoms with Crippen LogP contribution in [0.2, 0.25) is 0 Å².